The predicted molar refractivity (Wildman–Crippen MR) is 46.2 cm³/mol. The first kappa shape index (κ1) is 9.67. The number of aryl methyl sites for hydroxylation is 1. The zero-order valence-electron chi connectivity index (χ0n) is 7.17. The lowest BCUT2D eigenvalue weighted by atomic mass is 10.1. The summed E-state index contributed by atoms with van der Waals surface area (Å²) in [6.07, 6.45) is 0. The molecule has 1 aromatic carbocycles. The summed E-state index contributed by atoms with van der Waals surface area (Å²) in [5.41, 5.74) is 5.31. The molecule has 0 fully saturated rings. The summed E-state index contributed by atoms with van der Waals surface area (Å²) in [5.74, 6) is -1.22. The highest BCUT2D eigenvalue weighted by molar-refractivity contribution is 5.99. The summed E-state index contributed by atoms with van der Waals surface area (Å²) in [7, 11) is 0. The number of hydrogen-bond donors (Lipinski definition) is 2. The molecule has 4 heteroatoms. The molecule has 0 spiro atoms. The number of aromatic hydroxyl groups is 1. The van der Waals surface area contributed by atoms with E-state index in [-0.39, 0.29) is 17.9 Å². The number of carbonyl (C=O) groups excluding carboxylic acids is 1. The van der Waals surface area contributed by atoms with Gasteiger partial charge in [0, 0.05) is 0 Å². The lowest BCUT2D eigenvalue weighted by Gasteiger charge is -2.03. The van der Waals surface area contributed by atoms with E-state index in [4.69, 9.17) is 5.73 Å². The van der Waals surface area contributed by atoms with Gasteiger partial charge in [-0.05, 0) is 24.6 Å². The molecule has 0 aliphatic heterocycles. The van der Waals surface area contributed by atoms with E-state index >= 15 is 0 Å². The first-order chi connectivity index (χ1) is 6.06. The maximum atomic E-state index is 13.0. The fourth-order valence-corrected chi connectivity index (χ4v) is 1.000. The number of halogens is 1. The fourth-order valence-electron chi connectivity index (χ4n) is 1.000. The SMILES string of the molecule is Cc1cc(O)c(C(=O)CN)cc1F. The topological polar surface area (TPSA) is 63.3 Å². The van der Waals surface area contributed by atoms with Crippen LogP contribution in [0, 0.1) is 12.7 Å². The van der Waals surface area contributed by atoms with Gasteiger partial charge in [0.2, 0.25) is 0 Å². The van der Waals surface area contributed by atoms with Gasteiger partial charge >= 0.3 is 0 Å². The van der Waals surface area contributed by atoms with Crippen LogP contribution in [0.4, 0.5) is 4.39 Å². The van der Waals surface area contributed by atoms with Crippen LogP contribution in [0.3, 0.4) is 0 Å². The Bertz CT molecular complexity index is 350. The minimum Gasteiger partial charge on any atom is -0.507 e. The van der Waals surface area contributed by atoms with Crippen LogP contribution in [-0.2, 0) is 0 Å². The van der Waals surface area contributed by atoms with Crippen LogP contribution in [0.2, 0.25) is 0 Å². The molecule has 0 saturated carbocycles. The van der Waals surface area contributed by atoms with Gasteiger partial charge in [0.25, 0.3) is 0 Å². The van der Waals surface area contributed by atoms with Crippen LogP contribution in [0.1, 0.15) is 15.9 Å². The summed E-state index contributed by atoms with van der Waals surface area (Å²) in [6, 6.07) is 2.21. The van der Waals surface area contributed by atoms with Gasteiger partial charge < -0.3 is 10.8 Å². The van der Waals surface area contributed by atoms with Crippen molar-refractivity contribution < 1.29 is 14.3 Å². The molecule has 3 N–H and O–H groups in total. The first-order valence-corrected chi connectivity index (χ1v) is 3.78. The van der Waals surface area contributed by atoms with E-state index < -0.39 is 11.6 Å². The zero-order chi connectivity index (χ0) is 10.0. The molecular formula is C9H10FNO2. The summed E-state index contributed by atoms with van der Waals surface area (Å²) in [5, 5.41) is 9.27. The molecule has 0 amide bonds. The summed E-state index contributed by atoms with van der Waals surface area (Å²) in [4.78, 5) is 11.0. The molecule has 70 valence electrons. The zero-order valence-corrected chi connectivity index (χ0v) is 7.17. The Balaban J connectivity index is 3.23. The van der Waals surface area contributed by atoms with Gasteiger partial charge in [-0.1, -0.05) is 0 Å². The standard InChI is InChI=1S/C9H10FNO2/c1-5-2-8(12)6(3-7(5)10)9(13)4-11/h2-3,12H,4,11H2,1H3. The van der Waals surface area contributed by atoms with Crippen LogP contribution in [0.25, 0.3) is 0 Å². The maximum Gasteiger partial charge on any atom is 0.180 e. The highest BCUT2D eigenvalue weighted by Crippen LogP contribution is 2.21. The van der Waals surface area contributed by atoms with E-state index in [0.29, 0.717) is 5.56 Å². The van der Waals surface area contributed by atoms with Crippen molar-refractivity contribution in [1.29, 1.82) is 0 Å². The van der Waals surface area contributed by atoms with Crippen molar-refractivity contribution in [3.63, 3.8) is 0 Å². The molecular weight excluding hydrogens is 173 g/mol. The predicted octanol–water partition coefficient (Wildman–Crippen LogP) is 0.981. The van der Waals surface area contributed by atoms with Crippen LogP contribution in [-0.4, -0.2) is 17.4 Å². The number of phenols is 1. The van der Waals surface area contributed by atoms with Crippen LogP contribution < -0.4 is 5.73 Å². The Hall–Kier alpha value is -1.42. The molecule has 0 bridgehead atoms. The minimum atomic E-state index is -0.519. The third kappa shape index (κ3) is 1.84. The summed E-state index contributed by atoms with van der Waals surface area (Å²) in [6.45, 7) is 1.27. The number of phenolic OH excluding ortho intramolecular Hbond substituents is 1. The average Bonchev–Trinajstić information content (AvgIpc) is 2.10. The van der Waals surface area contributed by atoms with E-state index in [1.165, 1.54) is 13.0 Å². The Labute approximate surface area is 75.0 Å². The molecule has 0 aliphatic rings. The van der Waals surface area contributed by atoms with E-state index in [1.807, 2.05) is 0 Å². The molecule has 3 nitrogen and oxygen atoms in total. The monoisotopic (exact) mass is 183 g/mol. The van der Waals surface area contributed by atoms with Gasteiger partial charge in [-0.2, -0.15) is 0 Å². The highest BCUT2D eigenvalue weighted by atomic mass is 19.1. The minimum absolute atomic E-state index is 0.0643. The van der Waals surface area contributed by atoms with Crippen LogP contribution in [0.5, 0.6) is 5.75 Å². The van der Waals surface area contributed by atoms with Crippen molar-refractivity contribution in [2.75, 3.05) is 6.54 Å². The molecule has 0 saturated heterocycles. The Kier molecular flexibility index (Phi) is 2.63. The van der Waals surface area contributed by atoms with Crippen LogP contribution >= 0.6 is 0 Å². The second kappa shape index (κ2) is 3.53. The van der Waals surface area contributed by atoms with Crippen molar-refractivity contribution in [2.24, 2.45) is 5.73 Å². The molecule has 1 aromatic rings. The van der Waals surface area contributed by atoms with Crippen LogP contribution in [0.15, 0.2) is 12.1 Å². The number of ketones is 1. The molecule has 0 unspecified atom stereocenters. The molecule has 0 aromatic heterocycles. The second-order valence-corrected chi connectivity index (χ2v) is 2.75. The third-order valence-corrected chi connectivity index (χ3v) is 1.76. The molecule has 0 heterocycles. The van der Waals surface area contributed by atoms with E-state index in [2.05, 4.69) is 0 Å². The number of hydrogen-bond acceptors (Lipinski definition) is 3. The van der Waals surface area contributed by atoms with Crippen molar-refractivity contribution in [3.8, 4) is 5.75 Å². The highest BCUT2D eigenvalue weighted by Gasteiger charge is 2.12. The number of benzene rings is 1. The van der Waals surface area contributed by atoms with Gasteiger partial charge in [0.1, 0.15) is 11.6 Å². The normalized spacial score (nSPS) is 10.1. The largest absolute Gasteiger partial charge is 0.507 e. The molecule has 0 aliphatic carbocycles. The van der Waals surface area contributed by atoms with Gasteiger partial charge in [0.15, 0.2) is 5.78 Å². The first-order valence-electron chi connectivity index (χ1n) is 3.78. The van der Waals surface area contributed by atoms with E-state index in [9.17, 15) is 14.3 Å². The lowest BCUT2D eigenvalue weighted by molar-refractivity contribution is 0.0998. The summed E-state index contributed by atoms with van der Waals surface area (Å²) >= 11 is 0. The number of rotatable bonds is 2. The maximum absolute atomic E-state index is 13.0. The number of carbonyl (C=O) groups is 1. The van der Waals surface area contributed by atoms with Gasteiger partial charge in [0.05, 0.1) is 12.1 Å². The Morgan fingerprint density at radius 1 is 1.62 bits per heavy atom. The number of Topliss-reactive ketones (excluding diaryl/α,β-unsaturated/α-hetero) is 1. The molecule has 13 heavy (non-hydrogen) atoms. The Morgan fingerprint density at radius 2 is 2.23 bits per heavy atom. The van der Waals surface area contributed by atoms with Gasteiger partial charge in [-0.25, -0.2) is 4.39 Å². The smallest absolute Gasteiger partial charge is 0.180 e. The average molecular weight is 183 g/mol. The number of nitrogens with two attached hydrogens (primary N) is 1. The Morgan fingerprint density at radius 3 is 2.77 bits per heavy atom. The van der Waals surface area contributed by atoms with Crippen molar-refractivity contribution in [3.05, 3.63) is 29.1 Å². The molecule has 0 atom stereocenters. The second-order valence-electron chi connectivity index (χ2n) is 2.75. The lowest BCUT2D eigenvalue weighted by Crippen LogP contribution is -2.14. The molecule has 1 rings (SSSR count). The quantitative estimate of drug-likeness (QED) is 0.672. The molecule has 0 radical (unpaired) electrons. The fraction of sp³-hybridized carbons (Fsp3) is 0.222. The van der Waals surface area contributed by atoms with Crippen molar-refractivity contribution in [1.82, 2.24) is 0 Å². The van der Waals surface area contributed by atoms with Crippen molar-refractivity contribution in [2.45, 2.75) is 6.92 Å². The van der Waals surface area contributed by atoms with Gasteiger partial charge in [-0.15, -0.1) is 0 Å². The summed E-state index contributed by atoms with van der Waals surface area (Å²) < 4.78 is 13.0. The van der Waals surface area contributed by atoms with Gasteiger partial charge in [-0.3, -0.25) is 4.79 Å². The van der Waals surface area contributed by atoms with E-state index in [1.54, 1.807) is 0 Å². The van der Waals surface area contributed by atoms with E-state index in [0.717, 1.165) is 6.07 Å². The van der Waals surface area contributed by atoms with Crippen molar-refractivity contribution >= 4 is 5.78 Å². The third-order valence-electron chi connectivity index (χ3n) is 1.76.